The molecule has 4 rings (SSSR count). The van der Waals surface area contributed by atoms with E-state index in [0.29, 0.717) is 27.7 Å². The van der Waals surface area contributed by atoms with Crippen LogP contribution in [0.15, 0.2) is 91.0 Å². The molecule has 4 nitrogen and oxygen atoms in total. The Morgan fingerprint density at radius 2 is 1.50 bits per heavy atom. The molecule has 6 heteroatoms. The zero-order chi connectivity index (χ0) is 22.5. The number of anilines is 1. The minimum absolute atomic E-state index is 0.324. The maximum atomic E-state index is 13.1. The van der Waals surface area contributed by atoms with E-state index < -0.39 is 6.04 Å². The van der Waals surface area contributed by atoms with Crippen molar-refractivity contribution in [1.82, 2.24) is 5.32 Å². The number of amides is 2. The highest BCUT2D eigenvalue weighted by Crippen LogP contribution is 2.25. The second-order valence-corrected chi connectivity index (χ2v) is 8.23. The Kier molecular flexibility index (Phi) is 6.74. The van der Waals surface area contributed by atoms with Gasteiger partial charge in [-0.05, 0) is 46.7 Å². The fourth-order valence-electron chi connectivity index (χ4n) is 3.44. The number of rotatable bonds is 6. The highest BCUT2D eigenvalue weighted by Gasteiger charge is 2.23. The fraction of sp³-hybridized carbons (Fsp3) is 0.0769. The van der Waals surface area contributed by atoms with Gasteiger partial charge in [-0.3, -0.25) is 9.59 Å². The smallest absolute Gasteiger partial charge is 0.251 e. The van der Waals surface area contributed by atoms with Crippen molar-refractivity contribution in [3.05, 3.63) is 112 Å². The third kappa shape index (κ3) is 5.28. The van der Waals surface area contributed by atoms with Gasteiger partial charge in [0.1, 0.15) is 6.04 Å². The zero-order valence-electron chi connectivity index (χ0n) is 17.0. The van der Waals surface area contributed by atoms with Crippen LogP contribution in [-0.4, -0.2) is 17.9 Å². The number of carbonyl (C=O) groups excluding carboxylic acids is 2. The van der Waals surface area contributed by atoms with Crippen LogP contribution in [0, 0.1) is 0 Å². The Morgan fingerprint density at radius 1 is 0.781 bits per heavy atom. The van der Waals surface area contributed by atoms with Gasteiger partial charge < -0.3 is 10.6 Å². The van der Waals surface area contributed by atoms with Crippen LogP contribution in [0.5, 0.6) is 0 Å². The van der Waals surface area contributed by atoms with Crippen LogP contribution < -0.4 is 10.6 Å². The van der Waals surface area contributed by atoms with Crippen molar-refractivity contribution in [2.24, 2.45) is 0 Å². The molecule has 4 aromatic carbocycles. The summed E-state index contributed by atoms with van der Waals surface area (Å²) in [7, 11) is 0. The molecule has 0 spiro atoms. The molecule has 2 amide bonds. The van der Waals surface area contributed by atoms with Gasteiger partial charge in [-0.2, -0.15) is 0 Å². The molecule has 0 aliphatic carbocycles. The average molecular weight is 463 g/mol. The first-order valence-electron chi connectivity index (χ1n) is 10.1. The first-order chi connectivity index (χ1) is 15.5. The molecule has 0 aromatic heterocycles. The molecule has 2 N–H and O–H groups in total. The maximum Gasteiger partial charge on any atom is 0.251 e. The molecule has 0 heterocycles. The Morgan fingerprint density at radius 3 is 2.25 bits per heavy atom. The van der Waals surface area contributed by atoms with E-state index in [1.807, 2.05) is 66.7 Å². The number of hydrogen-bond donors (Lipinski definition) is 2. The number of benzene rings is 4. The molecule has 1 atom stereocenters. The third-order valence-electron chi connectivity index (χ3n) is 5.11. The first kappa shape index (κ1) is 21.9. The molecule has 0 saturated heterocycles. The van der Waals surface area contributed by atoms with Crippen LogP contribution in [0.25, 0.3) is 10.8 Å². The van der Waals surface area contributed by atoms with Crippen molar-refractivity contribution in [1.29, 1.82) is 0 Å². The summed E-state index contributed by atoms with van der Waals surface area (Å²) in [6.45, 7) is 0. The number of hydrogen-bond acceptors (Lipinski definition) is 2. The quantitative estimate of drug-likeness (QED) is 0.362. The molecule has 0 fully saturated rings. The molecule has 0 saturated carbocycles. The van der Waals surface area contributed by atoms with Crippen molar-refractivity contribution in [3.63, 3.8) is 0 Å². The molecular weight excluding hydrogens is 443 g/mol. The van der Waals surface area contributed by atoms with Crippen LogP contribution in [0.1, 0.15) is 15.9 Å². The summed E-state index contributed by atoms with van der Waals surface area (Å²) in [5, 5.41) is 8.47. The van der Waals surface area contributed by atoms with Gasteiger partial charge in [0.2, 0.25) is 5.91 Å². The molecule has 0 aliphatic heterocycles. The van der Waals surface area contributed by atoms with Crippen molar-refractivity contribution in [3.8, 4) is 0 Å². The van der Waals surface area contributed by atoms with E-state index in [9.17, 15) is 9.59 Å². The molecular formula is C26H20Cl2N2O2. The highest BCUT2D eigenvalue weighted by atomic mass is 35.5. The number of fused-ring (bicyclic) bond motifs is 1. The minimum atomic E-state index is -0.803. The lowest BCUT2D eigenvalue weighted by molar-refractivity contribution is -0.118. The second kappa shape index (κ2) is 9.86. The monoisotopic (exact) mass is 462 g/mol. The van der Waals surface area contributed by atoms with Crippen molar-refractivity contribution < 1.29 is 9.59 Å². The molecule has 32 heavy (non-hydrogen) atoms. The summed E-state index contributed by atoms with van der Waals surface area (Å²) in [5.41, 5.74) is 1.84. The average Bonchev–Trinajstić information content (AvgIpc) is 2.80. The van der Waals surface area contributed by atoms with E-state index in [2.05, 4.69) is 10.6 Å². The Hall–Kier alpha value is -3.34. The van der Waals surface area contributed by atoms with Crippen molar-refractivity contribution in [2.45, 2.75) is 12.5 Å². The van der Waals surface area contributed by atoms with Crippen molar-refractivity contribution >= 4 is 51.5 Å². The van der Waals surface area contributed by atoms with E-state index in [4.69, 9.17) is 23.2 Å². The Labute approximate surface area is 196 Å². The van der Waals surface area contributed by atoms with Crippen LogP contribution in [0.4, 0.5) is 5.69 Å². The van der Waals surface area contributed by atoms with Crippen LogP contribution in [0.2, 0.25) is 10.0 Å². The Balaban J connectivity index is 1.57. The lowest BCUT2D eigenvalue weighted by Crippen LogP contribution is -2.45. The van der Waals surface area contributed by atoms with Crippen LogP contribution in [-0.2, 0) is 11.2 Å². The van der Waals surface area contributed by atoms with Gasteiger partial charge >= 0.3 is 0 Å². The summed E-state index contributed by atoms with van der Waals surface area (Å²) in [4.78, 5) is 26.1. The minimum Gasteiger partial charge on any atom is -0.340 e. The summed E-state index contributed by atoms with van der Waals surface area (Å²) < 4.78 is 0. The van der Waals surface area contributed by atoms with Gasteiger partial charge in [0, 0.05) is 17.0 Å². The molecule has 0 bridgehead atoms. The van der Waals surface area contributed by atoms with Gasteiger partial charge in [-0.15, -0.1) is 0 Å². The molecule has 1 unspecified atom stereocenters. The van der Waals surface area contributed by atoms with Gasteiger partial charge in [0.05, 0.1) is 10.7 Å². The molecule has 0 radical (unpaired) electrons. The van der Waals surface area contributed by atoms with E-state index in [-0.39, 0.29) is 11.8 Å². The van der Waals surface area contributed by atoms with Crippen LogP contribution >= 0.6 is 23.2 Å². The normalized spacial score (nSPS) is 11.7. The SMILES string of the molecule is O=C(NC(Cc1ccccc1)C(=O)Nc1ccc(Cl)cc1Cl)c1ccc2ccccc2c1. The first-order valence-corrected chi connectivity index (χ1v) is 10.8. The summed E-state index contributed by atoms with van der Waals surface area (Å²) in [6.07, 6.45) is 0.331. The molecule has 4 aromatic rings. The summed E-state index contributed by atoms with van der Waals surface area (Å²) >= 11 is 12.2. The van der Waals surface area contributed by atoms with Crippen molar-refractivity contribution in [2.75, 3.05) is 5.32 Å². The number of nitrogens with one attached hydrogen (secondary N) is 2. The zero-order valence-corrected chi connectivity index (χ0v) is 18.5. The predicted molar refractivity (Wildman–Crippen MR) is 130 cm³/mol. The number of carbonyl (C=O) groups is 2. The standard InChI is InChI=1S/C26H20Cl2N2O2/c27-21-12-13-23(22(28)16-21)29-26(32)24(14-17-6-2-1-3-7-17)30-25(31)20-11-10-18-8-4-5-9-19(18)15-20/h1-13,15-16,24H,14H2,(H,29,32)(H,30,31). The fourth-order valence-corrected chi connectivity index (χ4v) is 3.90. The van der Waals surface area contributed by atoms with E-state index in [0.717, 1.165) is 16.3 Å². The van der Waals surface area contributed by atoms with E-state index in [1.54, 1.807) is 24.3 Å². The van der Waals surface area contributed by atoms with Gasteiger partial charge in [-0.25, -0.2) is 0 Å². The van der Waals surface area contributed by atoms with Gasteiger partial charge in [0.15, 0.2) is 0 Å². The Bertz CT molecular complexity index is 1280. The number of halogens is 2. The van der Waals surface area contributed by atoms with E-state index >= 15 is 0 Å². The summed E-state index contributed by atoms with van der Waals surface area (Å²) in [5.74, 6) is -0.693. The lowest BCUT2D eigenvalue weighted by atomic mass is 10.0. The maximum absolute atomic E-state index is 13.1. The third-order valence-corrected chi connectivity index (χ3v) is 5.65. The van der Waals surface area contributed by atoms with Gasteiger partial charge in [0.25, 0.3) is 5.91 Å². The summed E-state index contributed by atoms with van der Waals surface area (Å²) in [6, 6.07) is 26.8. The lowest BCUT2D eigenvalue weighted by Gasteiger charge is -2.19. The van der Waals surface area contributed by atoms with Gasteiger partial charge in [-0.1, -0.05) is 83.9 Å². The predicted octanol–water partition coefficient (Wildman–Crippen LogP) is 6.13. The highest BCUT2D eigenvalue weighted by molar-refractivity contribution is 6.36. The topological polar surface area (TPSA) is 58.2 Å². The molecule has 0 aliphatic rings. The van der Waals surface area contributed by atoms with E-state index in [1.165, 1.54) is 0 Å². The second-order valence-electron chi connectivity index (χ2n) is 7.39. The van der Waals surface area contributed by atoms with Crippen LogP contribution in [0.3, 0.4) is 0 Å². The molecule has 160 valence electrons. The largest absolute Gasteiger partial charge is 0.340 e.